The van der Waals surface area contributed by atoms with Crippen molar-refractivity contribution in [3.05, 3.63) is 89.0 Å². The monoisotopic (exact) mass is 346 g/mol. The molecule has 1 aromatic carbocycles. The number of carbonyl (C=O) groups is 1. The van der Waals surface area contributed by atoms with Crippen molar-refractivity contribution in [2.24, 2.45) is 0 Å². The molecule has 0 saturated carbocycles. The highest BCUT2D eigenvalue weighted by Crippen LogP contribution is 2.12. The Bertz CT molecular complexity index is 1130. The topological polar surface area (TPSA) is 90.0 Å². The average molecular weight is 346 g/mol. The van der Waals surface area contributed by atoms with Crippen LogP contribution < -0.4 is 10.9 Å². The second kappa shape index (κ2) is 6.64. The highest BCUT2D eigenvalue weighted by molar-refractivity contribution is 6.01. The van der Waals surface area contributed by atoms with E-state index in [1.165, 1.54) is 10.9 Å². The Hall–Kier alpha value is -3.74. The molecule has 0 atom stereocenters. The number of carbonyl (C=O) groups excluding carboxylic acids is 1. The zero-order valence-corrected chi connectivity index (χ0v) is 13.6. The van der Waals surface area contributed by atoms with Crippen LogP contribution in [0.4, 0.5) is 5.82 Å². The molecule has 4 rings (SSSR count). The van der Waals surface area contributed by atoms with E-state index in [2.05, 4.69) is 15.3 Å². The van der Waals surface area contributed by atoms with Crippen LogP contribution in [0.2, 0.25) is 0 Å². The quantitative estimate of drug-likeness (QED) is 0.613. The number of nitrogens with one attached hydrogen (secondary N) is 1. The van der Waals surface area contributed by atoms with E-state index in [9.17, 15) is 9.59 Å². The minimum absolute atomic E-state index is 0.146. The largest absolute Gasteiger partial charge is 0.454 e. The summed E-state index contributed by atoms with van der Waals surface area (Å²) in [5, 5.41) is 3.18. The molecule has 0 aliphatic rings. The predicted octanol–water partition coefficient (Wildman–Crippen LogP) is 2.69. The Kier molecular flexibility index (Phi) is 4.03. The number of para-hydroxylation sites is 1. The van der Waals surface area contributed by atoms with Gasteiger partial charge in [0.25, 0.3) is 11.5 Å². The molecule has 26 heavy (non-hydrogen) atoms. The van der Waals surface area contributed by atoms with Gasteiger partial charge in [0.2, 0.25) is 0 Å². The Labute approximate surface area is 147 Å². The lowest BCUT2D eigenvalue weighted by Gasteiger charge is -2.04. The number of anilines is 1. The summed E-state index contributed by atoms with van der Waals surface area (Å²) in [5.41, 5.74) is 0.482. The van der Waals surface area contributed by atoms with Crippen LogP contribution in [0, 0.1) is 0 Å². The van der Waals surface area contributed by atoms with Gasteiger partial charge in [-0.2, -0.15) is 0 Å². The smallest absolute Gasteiger partial charge is 0.292 e. The van der Waals surface area contributed by atoms with Crippen LogP contribution in [0.3, 0.4) is 0 Å². The Morgan fingerprint density at radius 1 is 1.04 bits per heavy atom. The number of nitrogens with zero attached hydrogens (tertiary/aromatic N) is 3. The summed E-state index contributed by atoms with van der Waals surface area (Å²) in [7, 11) is 0. The van der Waals surface area contributed by atoms with E-state index < -0.39 is 5.91 Å². The molecule has 0 bridgehead atoms. The number of hydrogen-bond donors (Lipinski definition) is 1. The van der Waals surface area contributed by atoms with Crippen LogP contribution in [0.1, 0.15) is 16.3 Å². The van der Waals surface area contributed by atoms with Crippen LogP contribution >= 0.6 is 0 Å². The zero-order valence-electron chi connectivity index (χ0n) is 13.6. The van der Waals surface area contributed by atoms with Gasteiger partial charge in [-0.3, -0.25) is 14.2 Å². The minimum atomic E-state index is -0.404. The summed E-state index contributed by atoms with van der Waals surface area (Å²) < 4.78 is 7.01. The van der Waals surface area contributed by atoms with Gasteiger partial charge in [-0.25, -0.2) is 9.97 Å². The molecule has 7 nitrogen and oxygen atoms in total. The number of amides is 1. The summed E-state index contributed by atoms with van der Waals surface area (Å²) in [6, 6.07) is 15.6. The summed E-state index contributed by atoms with van der Waals surface area (Å²) in [6.45, 7) is 0.188. The molecule has 0 saturated heterocycles. The third kappa shape index (κ3) is 3.10. The summed E-state index contributed by atoms with van der Waals surface area (Å²) in [4.78, 5) is 33.0. The van der Waals surface area contributed by atoms with Gasteiger partial charge in [0.1, 0.15) is 11.6 Å². The Morgan fingerprint density at radius 3 is 2.73 bits per heavy atom. The number of benzene rings is 1. The van der Waals surface area contributed by atoms with Crippen molar-refractivity contribution in [1.29, 1.82) is 0 Å². The molecular formula is C19H14N4O3. The van der Waals surface area contributed by atoms with Crippen LogP contribution in [-0.2, 0) is 6.54 Å². The molecule has 3 heterocycles. The number of pyridine rings is 1. The first-order chi connectivity index (χ1) is 12.7. The zero-order chi connectivity index (χ0) is 17.9. The molecule has 0 radical (unpaired) electrons. The van der Waals surface area contributed by atoms with Crippen LogP contribution in [0.15, 0.2) is 76.3 Å². The number of rotatable bonds is 4. The van der Waals surface area contributed by atoms with Crippen molar-refractivity contribution in [2.45, 2.75) is 6.54 Å². The molecule has 0 aliphatic heterocycles. The number of furan rings is 1. The highest BCUT2D eigenvalue weighted by atomic mass is 16.4. The Morgan fingerprint density at radius 2 is 1.88 bits per heavy atom. The lowest BCUT2D eigenvalue weighted by molar-refractivity contribution is 0.0994. The lowest BCUT2D eigenvalue weighted by Crippen LogP contribution is -2.20. The Balaban J connectivity index is 1.54. The molecule has 4 aromatic rings. The second-order valence-corrected chi connectivity index (χ2v) is 5.63. The van der Waals surface area contributed by atoms with Gasteiger partial charge in [-0.05, 0) is 36.4 Å². The maximum atomic E-state index is 12.5. The average Bonchev–Trinajstić information content (AvgIpc) is 3.14. The van der Waals surface area contributed by atoms with Gasteiger partial charge < -0.3 is 9.73 Å². The second-order valence-electron chi connectivity index (χ2n) is 5.63. The third-order valence-corrected chi connectivity index (χ3v) is 3.85. The fraction of sp³-hybridized carbons (Fsp3) is 0.0526. The third-order valence-electron chi connectivity index (χ3n) is 3.85. The first-order valence-corrected chi connectivity index (χ1v) is 7.96. The van der Waals surface area contributed by atoms with Crippen LogP contribution in [0.5, 0.6) is 0 Å². The van der Waals surface area contributed by atoms with Crippen molar-refractivity contribution in [1.82, 2.24) is 14.5 Å². The van der Waals surface area contributed by atoms with E-state index in [1.807, 2.05) is 6.07 Å². The van der Waals surface area contributed by atoms with E-state index in [1.54, 1.807) is 54.7 Å². The van der Waals surface area contributed by atoms with Gasteiger partial charge in [-0.15, -0.1) is 0 Å². The fourth-order valence-electron chi connectivity index (χ4n) is 2.59. The summed E-state index contributed by atoms with van der Waals surface area (Å²) >= 11 is 0. The number of fused-ring (bicyclic) bond motifs is 1. The number of aromatic nitrogens is 3. The molecule has 1 N–H and O–H groups in total. The molecule has 7 heteroatoms. The van der Waals surface area contributed by atoms with E-state index in [4.69, 9.17) is 4.42 Å². The van der Waals surface area contributed by atoms with E-state index in [-0.39, 0.29) is 17.9 Å². The highest BCUT2D eigenvalue weighted by Gasteiger charge is 2.13. The maximum Gasteiger partial charge on any atom is 0.292 e. The molecule has 0 unspecified atom stereocenters. The van der Waals surface area contributed by atoms with Gasteiger partial charge in [0, 0.05) is 6.20 Å². The molecular weight excluding hydrogens is 332 g/mol. The molecule has 0 aliphatic carbocycles. The van der Waals surface area contributed by atoms with Gasteiger partial charge >= 0.3 is 0 Å². The fourth-order valence-corrected chi connectivity index (χ4v) is 2.59. The van der Waals surface area contributed by atoms with Crippen molar-refractivity contribution >= 4 is 22.6 Å². The van der Waals surface area contributed by atoms with Gasteiger partial charge in [0.05, 0.1) is 23.8 Å². The first kappa shape index (κ1) is 15.8. The lowest BCUT2D eigenvalue weighted by atomic mass is 10.2. The maximum absolute atomic E-state index is 12.5. The van der Waals surface area contributed by atoms with Crippen molar-refractivity contribution in [3.63, 3.8) is 0 Å². The molecule has 3 aromatic heterocycles. The van der Waals surface area contributed by atoms with Crippen LogP contribution in [0.25, 0.3) is 10.9 Å². The SMILES string of the molecule is O=C(Nc1ccccn1)c1ccc(Cn2cnc3ccccc3c2=O)o1. The first-order valence-electron chi connectivity index (χ1n) is 7.96. The van der Waals surface area contributed by atoms with E-state index in [0.29, 0.717) is 22.5 Å². The molecule has 1 amide bonds. The van der Waals surface area contributed by atoms with E-state index in [0.717, 1.165) is 0 Å². The predicted molar refractivity (Wildman–Crippen MR) is 96.0 cm³/mol. The van der Waals surface area contributed by atoms with Gasteiger partial charge in [0.15, 0.2) is 5.76 Å². The van der Waals surface area contributed by atoms with Crippen LogP contribution in [-0.4, -0.2) is 20.4 Å². The standard InChI is InChI=1S/C19H14N4O3/c24-18(22-17-7-3-4-10-20-17)16-9-8-13(26-16)11-23-12-21-15-6-2-1-5-14(15)19(23)25/h1-10,12H,11H2,(H,20,22,24). The van der Waals surface area contributed by atoms with Gasteiger partial charge in [-0.1, -0.05) is 18.2 Å². The molecule has 0 spiro atoms. The minimum Gasteiger partial charge on any atom is -0.454 e. The number of hydrogen-bond acceptors (Lipinski definition) is 5. The molecule has 128 valence electrons. The van der Waals surface area contributed by atoms with Crippen molar-refractivity contribution in [2.75, 3.05) is 5.32 Å². The normalized spacial score (nSPS) is 10.8. The van der Waals surface area contributed by atoms with E-state index >= 15 is 0 Å². The van der Waals surface area contributed by atoms with Crippen molar-refractivity contribution in [3.8, 4) is 0 Å². The summed E-state index contributed by atoms with van der Waals surface area (Å²) in [6.07, 6.45) is 3.06. The molecule has 0 fully saturated rings. The summed E-state index contributed by atoms with van der Waals surface area (Å²) in [5.74, 6) is 0.659. The van der Waals surface area contributed by atoms with Crippen molar-refractivity contribution < 1.29 is 9.21 Å².